The molecule has 0 spiro atoms. The quantitative estimate of drug-likeness (QED) is 0.0467. The van der Waals surface area contributed by atoms with Gasteiger partial charge in [0.25, 0.3) is 0 Å². The Labute approximate surface area is 256 Å². The Morgan fingerprint density at radius 3 is 1.39 bits per heavy atom. The number of hydrogen-bond acceptors (Lipinski definition) is 4. The van der Waals surface area contributed by atoms with E-state index >= 15 is 0 Å². The SMILES string of the molecule is CCCCCCC/C=C\CCCCCCCCOCC(CO)OC(=O)CCCCCCCCCCCCCCCC. The van der Waals surface area contributed by atoms with Crippen LogP contribution in [0.15, 0.2) is 12.2 Å². The van der Waals surface area contributed by atoms with Gasteiger partial charge in [0.15, 0.2) is 0 Å². The predicted molar refractivity (Wildman–Crippen MR) is 178 cm³/mol. The molecule has 0 aliphatic carbocycles. The molecular formula is C37H72O4. The van der Waals surface area contributed by atoms with Crippen LogP contribution in [0.5, 0.6) is 0 Å². The number of esters is 1. The molecule has 0 bridgehead atoms. The molecule has 0 radical (unpaired) electrons. The number of rotatable bonds is 34. The third kappa shape index (κ3) is 33.5. The van der Waals surface area contributed by atoms with E-state index in [2.05, 4.69) is 26.0 Å². The fourth-order valence-electron chi connectivity index (χ4n) is 5.32. The van der Waals surface area contributed by atoms with E-state index in [1.54, 1.807) is 0 Å². The highest BCUT2D eigenvalue weighted by molar-refractivity contribution is 5.69. The van der Waals surface area contributed by atoms with Crippen LogP contribution in [0.2, 0.25) is 0 Å². The molecule has 0 rings (SSSR count). The smallest absolute Gasteiger partial charge is 0.306 e. The summed E-state index contributed by atoms with van der Waals surface area (Å²) in [7, 11) is 0. The van der Waals surface area contributed by atoms with Gasteiger partial charge in [0.2, 0.25) is 0 Å². The van der Waals surface area contributed by atoms with Crippen LogP contribution in [0.1, 0.15) is 194 Å². The van der Waals surface area contributed by atoms with Crippen LogP contribution >= 0.6 is 0 Å². The second-order valence-electron chi connectivity index (χ2n) is 12.3. The van der Waals surface area contributed by atoms with Crippen molar-refractivity contribution in [3.8, 4) is 0 Å². The van der Waals surface area contributed by atoms with Gasteiger partial charge in [-0.05, 0) is 38.5 Å². The van der Waals surface area contributed by atoms with Crippen molar-refractivity contribution in [3.63, 3.8) is 0 Å². The second-order valence-corrected chi connectivity index (χ2v) is 12.3. The van der Waals surface area contributed by atoms with Gasteiger partial charge in [-0.25, -0.2) is 0 Å². The van der Waals surface area contributed by atoms with Crippen LogP contribution in [0, 0.1) is 0 Å². The Balaban J connectivity index is 3.42. The molecule has 4 heteroatoms. The van der Waals surface area contributed by atoms with E-state index in [1.165, 1.54) is 154 Å². The van der Waals surface area contributed by atoms with Gasteiger partial charge < -0.3 is 14.6 Å². The second kappa shape index (κ2) is 35.3. The number of ether oxygens (including phenoxy) is 2. The number of carbonyl (C=O) groups excluding carboxylic acids is 1. The molecule has 0 saturated heterocycles. The molecule has 1 atom stereocenters. The minimum atomic E-state index is -0.529. The molecule has 1 N–H and O–H groups in total. The summed E-state index contributed by atoms with van der Waals surface area (Å²) >= 11 is 0. The van der Waals surface area contributed by atoms with Crippen molar-refractivity contribution in [1.29, 1.82) is 0 Å². The molecule has 0 aromatic rings. The van der Waals surface area contributed by atoms with E-state index in [0.717, 1.165) is 19.3 Å². The molecule has 0 aliphatic heterocycles. The van der Waals surface area contributed by atoms with Gasteiger partial charge in [0.05, 0.1) is 13.2 Å². The average molecular weight is 581 g/mol. The zero-order valence-corrected chi connectivity index (χ0v) is 27.8. The van der Waals surface area contributed by atoms with Crippen molar-refractivity contribution in [2.45, 2.75) is 200 Å². The highest BCUT2D eigenvalue weighted by Gasteiger charge is 2.13. The summed E-state index contributed by atoms with van der Waals surface area (Å²) in [5.74, 6) is -0.201. The van der Waals surface area contributed by atoms with E-state index in [4.69, 9.17) is 9.47 Å². The van der Waals surface area contributed by atoms with Gasteiger partial charge in [0.1, 0.15) is 6.10 Å². The molecule has 0 aliphatic rings. The number of unbranched alkanes of at least 4 members (excludes halogenated alkanes) is 24. The summed E-state index contributed by atoms with van der Waals surface area (Å²) in [6, 6.07) is 0. The Hall–Kier alpha value is -0.870. The first-order chi connectivity index (χ1) is 20.2. The maximum absolute atomic E-state index is 12.1. The Morgan fingerprint density at radius 1 is 0.561 bits per heavy atom. The Morgan fingerprint density at radius 2 is 0.951 bits per heavy atom. The van der Waals surface area contributed by atoms with Crippen LogP contribution in [-0.4, -0.2) is 37.0 Å². The van der Waals surface area contributed by atoms with Gasteiger partial charge in [-0.1, -0.05) is 161 Å². The van der Waals surface area contributed by atoms with E-state index in [0.29, 0.717) is 19.6 Å². The lowest BCUT2D eigenvalue weighted by Crippen LogP contribution is -2.27. The maximum atomic E-state index is 12.1. The van der Waals surface area contributed by atoms with Crippen LogP contribution in [-0.2, 0) is 14.3 Å². The predicted octanol–water partition coefficient (Wildman–Crippen LogP) is 11.4. The lowest BCUT2D eigenvalue weighted by atomic mass is 10.0. The summed E-state index contributed by atoms with van der Waals surface area (Å²) in [6.07, 6.45) is 39.6. The van der Waals surface area contributed by atoms with Crippen molar-refractivity contribution in [2.75, 3.05) is 19.8 Å². The highest BCUT2D eigenvalue weighted by atomic mass is 16.6. The van der Waals surface area contributed by atoms with E-state index in [1.807, 2.05) is 0 Å². The van der Waals surface area contributed by atoms with E-state index < -0.39 is 6.10 Å². The number of aliphatic hydroxyl groups excluding tert-OH is 1. The standard InChI is InChI=1S/C37H72O4/c1-3-5-7-9-11-13-15-17-19-21-23-25-27-29-31-33-40-35-36(34-38)41-37(39)32-30-28-26-24-22-20-18-16-14-12-10-8-6-4-2/h15,17,36,38H,3-14,16,18-35H2,1-2H3/b17-15-. The first-order valence-corrected chi connectivity index (χ1v) is 18.3. The molecule has 41 heavy (non-hydrogen) atoms. The lowest BCUT2D eigenvalue weighted by Gasteiger charge is -2.15. The number of aliphatic hydroxyl groups is 1. The topological polar surface area (TPSA) is 55.8 Å². The molecule has 0 fully saturated rings. The largest absolute Gasteiger partial charge is 0.457 e. The van der Waals surface area contributed by atoms with Crippen molar-refractivity contribution in [1.82, 2.24) is 0 Å². The van der Waals surface area contributed by atoms with Crippen molar-refractivity contribution in [3.05, 3.63) is 12.2 Å². The fraction of sp³-hybridized carbons (Fsp3) is 0.919. The van der Waals surface area contributed by atoms with Gasteiger partial charge in [-0.3, -0.25) is 4.79 Å². The van der Waals surface area contributed by atoms with E-state index in [-0.39, 0.29) is 12.6 Å². The van der Waals surface area contributed by atoms with Gasteiger partial charge in [0, 0.05) is 13.0 Å². The summed E-state index contributed by atoms with van der Waals surface area (Å²) in [5, 5.41) is 9.54. The fourth-order valence-corrected chi connectivity index (χ4v) is 5.32. The van der Waals surface area contributed by atoms with Crippen LogP contribution in [0.4, 0.5) is 0 Å². The van der Waals surface area contributed by atoms with Gasteiger partial charge in [-0.15, -0.1) is 0 Å². The molecule has 0 amide bonds. The zero-order valence-electron chi connectivity index (χ0n) is 27.8. The summed E-state index contributed by atoms with van der Waals surface area (Å²) in [6.45, 7) is 5.35. The maximum Gasteiger partial charge on any atom is 0.306 e. The van der Waals surface area contributed by atoms with Crippen LogP contribution in [0.25, 0.3) is 0 Å². The molecule has 0 aromatic heterocycles. The van der Waals surface area contributed by atoms with Crippen molar-refractivity contribution >= 4 is 5.97 Å². The van der Waals surface area contributed by atoms with Gasteiger partial charge in [-0.2, -0.15) is 0 Å². The van der Waals surface area contributed by atoms with Crippen molar-refractivity contribution in [2.24, 2.45) is 0 Å². The minimum Gasteiger partial charge on any atom is -0.457 e. The molecule has 4 nitrogen and oxygen atoms in total. The first kappa shape index (κ1) is 40.1. The number of carbonyl (C=O) groups is 1. The monoisotopic (exact) mass is 581 g/mol. The molecule has 0 aromatic carbocycles. The Kier molecular flexibility index (Phi) is 34.6. The number of hydrogen-bond donors (Lipinski definition) is 1. The molecule has 244 valence electrons. The third-order valence-corrected chi connectivity index (χ3v) is 8.09. The normalized spacial score (nSPS) is 12.4. The summed E-state index contributed by atoms with van der Waals surface area (Å²) in [4.78, 5) is 12.1. The third-order valence-electron chi connectivity index (χ3n) is 8.09. The van der Waals surface area contributed by atoms with E-state index in [9.17, 15) is 9.90 Å². The molecule has 0 saturated carbocycles. The lowest BCUT2D eigenvalue weighted by molar-refractivity contribution is -0.154. The van der Waals surface area contributed by atoms with Crippen molar-refractivity contribution < 1.29 is 19.4 Å². The van der Waals surface area contributed by atoms with Gasteiger partial charge >= 0.3 is 5.97 Å². The van der Waals surface area contributed by atoms with Crippen LogP contribution < -0.4 is 0 Å². The summed E-state index contributed by atoms with van der Waals surface area (Å²) in [5.41, 5.74) is 0. The summed E-state index contributed by atoms with van der Waals surface area (Å²) < 4.78 is 11.1. The minimum absolute atomic E-state index is 0.169. The highest BCUT2D eigenvalue weighted by Crippen LogP contribution is 2.14. The van der Waals surface area contributed by atoms with Crippen LogP contribution in [0.3, 0.4) is 0 Å². The molecular weight excluding hydrogens is 508 g/mol. The number of allylic oxidation sites excluding steroid dienone is 2. The molecule has 1 unspecified atom stereocenters. The zero-order chi connectivity index (χ0) is 29.9. The first-order valence-electron chi connectivity index (χ1n) is 18.3. The Bertz CT molecular complexity index is 533. The molecule has 0 heterocycles. The average Bonchev–Trinajstić information content (AvgIpc) is 2.98.